The van der Waals surface area contributed by atoms with Crippen molar-refractivity contribution in [3.63, 3.8) is 0 Å². The Balaban J connectivity index is 2.82. The first-order valence-electron chi connectivity index (χ1n) is 5.92. The topological polar surface area (TPSA) is 104 Å². The van der Waals surface area contributed by atoms with Crippen LogP contribution in [0.15, 0.2) is 6.20 Å². The van der Waals surface area contributed by atoms with Crippen molar-refractivity contribution < 1.29 is 19.8 Å². The average molecular weight is 269 g/mol. The number of carbonyl (C=O) groups excluding carboxylic acids is 1. The van der Waals surface area contributed by atoms with Gasteiger partial charge in [-0.25, -0.2) is 4.79 Å². The fraction of sp³-hybridized carbons (Fsp3) is 0.583. The van der Waals surface area contributed by atoms with Gasteiger partial charge in [-0.15, -0.1) is 0 Å². The number of aryl methyl sites for hydroxylation is 1. The lowest BCUT2D eigenvalue weighted by Crippen LogP contribution is -2.46. The zero-order chi connectivity index (χ0) is 14.8. The van der Waals surface area contributed by atoms with Crippen LogP contribution in [0.4, 0.5) is 0 Å². The molecule has 0 radical (unpaired) electrons. The van der Waals surface area contributed by atoms with Crippen LogP contribution >= 0.6 is 0 Å². The van der Waals surface area contributed by atoms with Gasteiger partial charge >= 0.3 is 5.97 Å². The van der Waals surface area contributed by atoms with Gasteiger partial charge in [-0.2, -0.15) is 5.10 Å². The Bertz CT molecular complexity index is 491. The molecule has 1 unspecified atom stereocenters. The highest BCUT2D eigenvalue weighted by atomic mass is 16.4. The van der Waals surface area contributed by atoms with Crippen LogP contribution in [0.2, 0.25) is 0 Å². The summed E-state index contributed by atoms with van der Waals surface area (Å²) in [6.07, 6.45) is 1.57. The molecule has 0 aromatic carbocycles. The first-order valence-corrected chi connectivity index (χ1v) is 5.92. The fourth-order valence-electron chi connectivity index (χ4n) is 1.53. The molecule has 1 aromatic heterocycles. The number of carbonyl (C=O) groups is 2. The largest absolute Gasteiger partial charge is 0.479 e. The SMILES string of the molecule is CC(C)c1nn(C)cc1C(=O)NCC(C)(O)C(=O)O. The minimum atomic E-state index is -1.99. The number of hydrogen-bond donors (Lipinski definition) is 3. The predicted molar refractivity (Wildman–Crippen MR) is 67.9 cm³/mol. The molecule has 0 aliphatic rings. The molecule has 0 saturated carbocycles. The van der Waals surface area contributed by atoms with Crippen molar-refractivity contribution in [3.8, 4) is 0 Å². The van der Waals surface area contributed by atoms with E-state index in [0.717, 1.165) is 6.92 Å². The number of amides is 1. The van der Waals surface area contributed by atoms with E-state index in [1.165, 1.54) is 4.68 Å². The Labute approximate surface area is 111 Å². The Morgan fingerprint density at radius 2 is 2.11 bits per heavy atom. The van der Waals surface area contributed by atoms with Gasteiger partial charge in [-0.05, 0) is 12.8 Å². The lowest BCUT2D eigenvalue weighted by Gasteiger charge is -2.18. The van der Waals surface area contributed by atoms with Gasteiger partial charge in [0.15, 0.2) is 5.60 Å². The summed E-state index contributed by atoms with van der Waals surface area (Å²) < 4.78 is 1.53. The maximum Gasteiger partial charge on any atom is 0.337 e. The molecule has 19 heavy (non-hydrogen) atoms. The first-order chi connectivity index (χ1) is 8.65. The van der Waals surface area contributed by atoms with E-state index in [0.29, 0.717) is 11.3 Å². The monoisotopic (exact) mass is 269 g/mol. The number of rotatable bonds is 5. The lowest BCUT2D eigenvalue weighted by atomic mass is 10.0. The fourth-order valence-corrected chi connectivity index (χ4v) is 1.53. The van der Waals surface area contributed by atoms with E-state index in [4.69, 9.17) is 5.11 Å². The maximum atomic E-state index is 12.0. The van der Waals surface area contributed by atoms with Crippen molar-refractivity contribution in [3.05, 3.63) is 17.5 Å². The van der Waals surface area contributed by atoms with Gasteiger partial charge in [0.25, 0.3) is 5.91 Å². The van der Waals surface area contributed by atoms with Gasteiger partial charge in [-0.3, -0.25) is 9.48 Å². The van der Waals surface area contributed by atoms with E-state index in [2.05, 4.69) is 10.4 Å². The molecule has 0 fully saturated rings. The molecule has 0 spiro atoms. The minimum Gasteiger partial charge on any atom is -0.479 e. The number of hydrogen-bond acceptors (Lipinski definition) is 4. The van der Waals surface area contributed by atoms with Crippen molar-refractivity contribution in [2.24, 2.45) is 7.05 Å². The second-order valence-corrected chi connectivity index (χ2v) is 5.02. The van der Waals surface area contributed by atoms with Crippen molar-refractivity contribution in [2.45, 2.75) is 32.3 Å². The summed E-state index contributed by atoms with van der Waals surface area (Å²) in [5, 5.41) is 24.9. The molecule has 1 rings (SSSR count). The maximum absolute atomic E-state index is 12.0. The third kappa shape index (κ3) is 3.54. The highest BCUT2D eigenvalue weighted by Gasteiger charge is 2.31. The van der Waals surface area contributed by atoms with E-state index in [1.54, 1.807) is 13.2 Å². The van der Waals surface area contributed by atoms with Gasteiger partial charge in [-0.1, -0.05) is 13.8 Å². The van der Waals surface area contributed by atoms with Gasteiger partial charge in [0.05, 0.1) is 17.8 Å². The summed E-state index contributed by atoms with van der Waals surface area (Å²) in [4.78, 5) is 22.7. The Hall–Kier alpha value is -1.89. The lowest BCUT2D eigenvalue weighted by molar-refractivity contribution is -0.155. The van der Waals surface area contributed by atoms with Crippen LogP contribution < -0.4 is 5.32 Å². The molecule has 7 heteroatoms. The summed E-state index contributed by atoms with van der Waals surface area (Å²) in [5.74, 6) is -1.76. The molecule has 1 amide bonds. The smallest absolute Gasteiger partial charge is 0.337 e. The highest BCUT2D eigenvalue weighted by molar-refractivity contribution is 5.95. The number of aliphatic hydroxyl groups is 1. The molecular weight excluding hydrogens is 250 g/mol. The molecule has 7 nitrogen and oxygen atoms in total. The molecule has 0 saturated heterocycles. The average Bonchev–Trinajstić information content (AvgIpc) is 2.68. The first kappa shape index (κ1) is 15.2. The highest BCUT2D eigenvalue weighted by Crippen LogP contribution is 2.17. The van der Waals surface area contributed by atoms with Crippen molar-refractivity contribution >= 4 is 11.9 Å². The molecule has 0 aliphatic heterocycles. The summed E-state index contributed by atoms with van der Waals surface area (Å²) >= 11 is 0. The minimum absolute atomic E-state index is 0.0712. The van der Waals surface area contributed by atoms with Gasteiger partial charge in [0.1, 0.15) is 0 Å². The predicted octanol–water partition coefficient (Wildman–Crippen LogP) is 0.109. The number of aromatic nitrogens is 2. The van der Waals surface area contributed by atoms with E-state index in [-0.39, 0.29) is 12.5 Å². The molecule has 1 atom stereocenters. The number of carboxylic acids is 1. The van der Waals surface area contributed by atoms with Crippen LogP contribution in [-0.4, -0.2) is 44.0 Å². The van der Waals surface area contributed by atoms with Crippen LogP contribution in [0.5, 0.6) is 0 Å². The van der Waals surface area contributed by atoms with E-state index < -0.39 is 17.5 Å². The van der Waals surface area contributed by atoms with Crippen molar-refractivity contribution in [2.75, 3.05) is 6.54 Å². The number of aliphatic carboxylic acids is 1. The van der Waals surface area contributed by atoms with Gasteiger partial charge < -0.3 is 15.5 Å². The van der Waals surface area contributed by atoms with Crippen LogP contribution in [0.1, 0.15) is 42.7 Å². The van der Waals surface area contributed by atoms with E-state index in [9.17, 15) is 14.7 Å². The zero-order valence-electron chi connectivity index (χ0n) is 11.5. The van der Waals surface area contributed by atoms with Crippen LogP contribution in [0.25, 0.3) is 0 Å². The summed E-state index contributed by atoms with van der Waals surface area (Å²) in [6, 6.07) is 0. The third-order valence-corrected chi connectivity index (χ3v) is 2.70. The zero-order valence-corrected chi connectivity index (χ0v) is 11.5. The second kappa shape index (κ2) is 5.40. The second-order valence-electron chi connectivity index (χ2n) is 5.02. The molecule has 1 aromatic rings. The van der Waals surface area contributed by atoms with Crippen molar-refractivity contribution in [1.29, 1.82) is 0 Å². The summed E-state index contributed by atoms with van der Waals surface area (Å²) in [5.41, 5.74) is -0.968. The molecule has 1 heterocycles. The molecular formula is C12H19N3O4. The molecule has 0 aliphatic carbocycles. The molecule has 0 bridgehead atoms. The Morgan fingerprint density at radius 3 is 2.58 bits per heavy atom. The quantitative estimate of drug-likeness (QED) is 0.703. The van der Waals surface area contributed by atoms with Gasteiger partial charge in [0.2, 0.25) is 0 Å². The van der Waals surface area contributed by atoms with E-state index in [1.807, 2.05) is 13.8 Å². The summed E-state index contributed by atoms with van der Waals surface area (Å²) in [7, 11) is 1.70. The Morgan fingerprint density at radius 1 is 1.53 bits per heavy atom. The molecule has 106 valence electrons. The van der Waals surface area contributed by atoms with E-state index >= 15 is 0 Å². The normalized spacial score (nSPS) is 14.2. The number of carboxylic acid groups (broad SMARTS) is 1. The Kier molecular flexibility index (Phi) is 4.31. The molecule has 3 N–H and O–H groups in total. The van der Waals surface area contributed by atoms with Crippen LogP contribution in [0.3, 0.4) is 0 Å². The number of nitrogens with one attached hydrogen (secondary N) is 1. The third-order valence-electron chi connectivity index (χ3n) is 2.70. The van der Waals surface area contributed by atoms with Crippen LogP contribution in [-0.2, 0) is 11.8 Å². The standard InChI is InChI=1S/C12H19N3O4/c1-7(2)9-8(5-15(4)14-9)10(16)13-6-12(3,19)11(17)18/h5,7,19H,6H2,1-4H3,(H,13,16)(H,17,18). The summed E-state index contributed by atoms with van der Waals surface area (Å²) in [6.45, 7) is 4.58. The van der Waals surface area contributed by atoms with Gasteiger partial charge in [0, 0.05) is 13.2 Å². The van der Waals surface area contributed by atoms with Crippen LogP contribution in [0, 0.1) is 0 Å². The van der Waals surface area contributed by atoms with Crippen molar-refractivity contribution in [1.82, 2.24) is 15.1 Å². The number of nitrogens with zero attached hydrogens (tertiary/aromatic N) is 2.